The molecule has 3 atom stereocenters. The Labute approximate surface area is 104 Å². The summed E-state index contributed by atoms with van der Waals surface area (Å²) >= 11 is 0. The fraction of sp³-hybridized carbons (Fsp3) is 0.923. The maximum Gasteiger partial charge on any atom is 0.192 e. The van der Waals surface area contributed by atoms with Gasteiger partial charge in [0.1, 0.15) is 0 Å². The first-order valence-electron chi connectivity index (χ1n) is 6.77. The predicted octanol–water partition coefficient (Wildman–Crippen LogP) is 1.74. The number of nitrogens with zero attached hydrogens (tertiary/aromatic N) is 2. The average molecular weight is 239 g/mol. The van der Waals surface area contributed by atoms with Crippen LogP contribution in [0.4, 0.5) is 0 Å². The van der Waals surface area contributed by atoms with Gasteiger partial charge in [-0.2, -0.15) is 0 Å². The molecule has 1 aliphatic heterocycles. The fourth-order valence-corrected chi connectivity index (χ4v) is 3.43. The molecule has 1 spiro atoms. The van der Waals surface area contributed by atoms with E-state index >= 15 is 0 Å². The molecule has 17 heavy (non-hydrogen) atoms. The van der Waals surface area contributed by atoms with Crippen LogP contribution in [0.2, 0.25) is 0 Å². The third-order valence-electron chi connectivity index (χ3n) is 4.48. The molecule has 2 aliphatic rings. The van der Waals surface area contributed by atoms with Gasteiger partial charge < -0.3 is 15.4 Å². The highest BCUT2D eigenvalue weighted by atomic mass is 16.5. The van der Waals surface area contributed by atoms with Crippen molar-refractivity contribution in [1.82, 2.24) is 4.90 Å². The highest BCUT2D eigenvalue weighted by Crippen LogP contribution is 2.40. The van der Waals surface area contributed by atoms with Crippen molar-refractivity contribution in [2.24, 2.45) is 10.7 Å². The Balaban J connectivity index is 2.28. The standard InChI is InChI=1S/C13H25N3O/c1-4-10(2)16-12(14)15-9-13(16)8-6-5-7-11(13)17-3/h10-11H,4-9H2,1-3H3,(H2,14,15). The lowest BCUT2D eigenvalue weighted by Gasteiger charge is -2.49. The van der Waals surface area contributed by atoms with Crippen molar-refractivity contribution in [2.75, 3.05) is 13.7 Å². The summed E-state index contributed by atoms with van der Waals surface area (Å²) in [5, 5.41) is 0. The van der Waals surface area contributed by atoms with Gasteiger partial charge in [0.2, 0.25) is 0 Å². The SMILES string of the molecule is CCC(C)N1C(N)=NCC12CCCCC2OC. The molecule has 4 nitrogen and oxygen atoms in total. The summed E-state index contributed by atoms with van der Waals surface area (Å²) in [7, 11) is 1.82. The minimum absolute atomic E-state index is 0.0342. The van der Waals surface area contributed by atoms with Crippen molar-refractivity contribution < 1.29 is 4.74 Å². The third kappa shape index (κ3) is 1.92. The summed E-state index contributed by atoms with van der Waals surface area (Å²) in [6, 6.07) is 0.442. The third-order valence-corrected chi connectivity index (χ3v) is 4.48. The van der Waals surface area contributed by atoms with Crippen LogP contribution in [0.1, 0.15) is 46.0 Å². The Morgan fingerprint density at radius 3 is 3.00 bits per heavy atom. The summed E-state index contributed by atoms with van der Waals surface area (Å²) in [5.74, 6) is 0.711. The molecule has 0 aromatic carbocycles. The van der Waals surface area contributed by atoms with Gasteiger partial charge in [0, 0.05) is 13.2 Å². The molecule has 4 heteroatoms. The van der Waals surface area contributed by atoms with Crippen LogP contribution in [-0.4, -0.2) is 42.2 Å². The lowest BCUT2D eigenvalue weighted by Crippen LogP contribution is -2.63. The van der Waals surface area contributed by atoms with Crippen LogP contribution in [0.25, 0.3) is 0 Å². The van der Waals surface area contributed by atoms with Gasteiger partial charge in [-0.25, -0.2) is 0 Å². The zero-order chi connectivity index (χ0) is 12.5. The molecule has 1 fully saturated rings. The maximum atomic E-state index is 6.10. The predicted molar refractivity (Wildman–Crippen MR) is 70.1 cm³/mol. The Morgan fingerprint density at radius 2 is 2.35 bits per heavy atom. The zero-order valence-corrected chi connectivity index (χ0v) is 11.3. The van der Waals surface area contributed by atoms with E-state index in [2.05, 4.69) is 23.7 Å². The molecule has 1 heterocycles. The van der Waals surface area contributed by atoms with Crippen LogP contribution in [0.3, 0.4) is 0 Å². The van der Waals surface area contributed by atoms with Crippen LogP contribution in [0.15, 0.2) is 4.99 Å². The molecule has 98 valence electrons. The largest absolute Gasteiger partial charge is 0.379 e. The molecule has 0 aromatic heterocycles. The molecule has 0 amide bonds. The lowest BCUT2D eigenvalue weighted by molar-refractivity contribution is -0.0522. The van der Waals surface area contributed by atoms with Crippen molar-refractivity contribution >= 4 is 5.96 Å². The summed E-state index contributed by atoms with van der Waals surface area (Å²) in [5.41, 5.74) is 6.13. The second-order valence-corrected chi connectivity index (χ2v) is 5.38. The van der Waals surface area contributed by atoms with Crippen molar-refractivity contribution in [2.45, 2.75) is 63.6 Å². The van der Waals surface area contributed by atoms with Gasteiger partial charge in [0.05, 0.1) is 18.2 Å². The molecular formula is C13H25N3O. The van der Waals surface area contributed by atoms with Crippen molar-refractivity contribution in [3.63, 3.8) is 0 Å². The van der Waals surface area contributed by atoms with Gasteiger partial charge in [-0.1, -0.05) is 19.8 Å². The number of nitrogens with two attached hydrogens (primary N) is 1. The first kappa shape index (κ1) is 12.7. The first-order valence-corrected chi connectivity index (χ1v) is 6.77. The molecule has 1 aliphatic carbocycles. The van der Waals surface area contributed by atoms with Crippen LogP contribution in [-0.2, 0) is 4.74 Å². The topological polar surface area (TPSA) is 50.8 Å². The number of ether oxygens (including phenoxy) is 1. The van der Waals surface area contributed by atoms with Gasteiger partial charge in [0.25, 0.3) is 0 Å². The van der Waals surface area contributed by atoms with Gasteiger partial charge in [-0.15, -0.1) is 0 Å². The van der Waals surface area contributed by atoms with E-state index in [0.29, 0.717) is 12.0 Å². The molecule has 0 aromatic rings. The van der Waals surface area contributed by atoms with Crippen molar-refractivity contribution in [1.29, 1.82) is 0 Å². The highest BCUT2D eigenvalue weighted by Gasteiger charge is 2.50. The zero-order valence-electron chi connectivity index (χ0n) is 11.3. The molecular weight excluding hydrogens is 214 g/mol. The van der Waals surface area contributed by atoms with E-state index in [1.54, 1.807) is 0 Å². The molecule has 0 radical (unpaired) electrons. The molecule has 2 rings (SSSR count). The van der Waals surface area contributed by atoms with E-state index in [9.17, 15) is 0 Å². The van der Waals surface area contributed by atoms with E-state index in [-0.39, 0.29) is 11.6 Å². The number of rotatable bonds is 3. The van der Waals surface area contributed by atoms with Crippen LogP contribution in [0.5, 0.6) is 0 Å². The number of hydrogen-bond donors (Lipinski definition) is 1. The first-order chi connectivity index (χ1) is 8.15. The monoisotopic (exact) mass is 239 g/mol. The van der Waals surface area contributed by atoms with Crippen molar-refractivity contribution in [3.05, 3.63) is 0 Å². The lowest BCUT2D eigenvalue weighted by atomic mass is 9.77. The van der Waals surface area contributed by atoms with Gasteiger partial charge >= 0.3 is 0 Å². The van der Waals surface area contributed by atoms with E-state index in [0.717, 1.165) is 25.8 Å². The Bertz CT molecular complexity index is 305. The summed E-state index contributed by atoms with van der Waals surface area (Å²) in [4.78, 5) is 6.84. The Kier molecular flexibility index (Phi) is 3.61. The molecule has 1 saturated carbocycles. The normalized spacial score (nSPS) is 35.1. The smallest absolute Gasteiger partial charge is 0.192 e. The minimum Gasteiger partial charge on any atom is -0.379 e. The Hall–Kier alpha value is -0.770. The summed E-state index contributed by atoms with van der Waals surface area (Å²) in [6.45, 7) is 5.24. The van der Waals surface area contributed by atoms with E-state index in [4.69, 9.17) is 10.5 Å². The van der Waals surface area contributed by atoms with Gasteiger partial charge in [-0.3, -0.25) is 4.99 Å². The van der Waals surface area contributed by atoms with Crippen LogP contribution < -0.4 is 5.73 Å². The van der Waals surface area contributed by atoms with E-state index in [1.807, 2.05) is 7.11 Å². The van der Waals surface area contributed by atoms with Crippen LogP contribution >= 0.6 is 0 Å². The molecule has 2 N–H and O–H groups in total. The number of hydrogen-bond acceptors (Lipinski definition) is 4. The molecule has 0 bridgehead atoms. The maximum absolute atomic E-state index is 6.10. The summed E-state index contributed by atoms with van der Waals surface area (Å²) in [6.07, 6.45) is 6.17. The number of guanidine groups is 1. The molecule has 3 unspecified atom stereocenters. The average Bonchev–Trinajstić information content (AvgIpc) is 2.67. The van der Waals surface area contributed by atoms with Gasteiger partial charge in [-0.05, 0) is 26.2 Å². The van der Waals surface area contributed by atoms with E-state index < -0.39 is 0 Å². The highest BCUT2D eigenvalue weighted by molar-refractivity contribution is 5.81. The molecule has 0 saturated heterocycles. The van der Waals surface area contributed by atoms with Crippen LogP contribution in [0, 0.1) is 0 Å². The number of methoxy groups -OCH3 is 1. The van der Waals surface area contributed by atoms with E-state index in [1.165, 1.54) is 12.8 Å². The Morgan fingerprint density at radius 1 is 1.59 bits per heavy atom. The second kappa shape index (κ2) is 4.84. The minimum atomic E-state index is 0.0342. The number of aliphatic imine (C=N–C) groups is 1. The quantitative estimate of drug-likeness (QED) is 0.816. The second-order valence-electron chi connectivity index (χ2n) is 5.38. The van der Waals surface area contributed by atoms with Gasteiger partial charge in [0.15, 0.2) is 5.96 Å². The summed E-state index contributed by atoms with van der Waals surface area (Å²) < 4.78 is 5.73. The van der Waals surface area contributed by atoms with Crippen molar-refractivity contribution in [3.8, 4) is 0 Å². The fourth-order valence-electron chi connectivity index (χ4n) is 3.43.